The van der Waals surface area contributed by atoms with Gasteiger partial charge in [-0.3, -0.25) is 9.59 Å². The Kier molecular flexibility index (Phi) is 5.50. The Labute approximate surface area is 119 Å². The molecule has 0 fully saturated rings. The highest BCUT2D eigenvalue weighted by Gasteiger charge is 2.34. The first kappa shape index (κ1) is 15.7. The van der Waals surface area contributed by atoms with Gasteiger partial charge < -0.3 is 9.84 Å². The normalized spacial score (nSPS) is 13.7. The highest BCUT2D eigenvalue weighted by Crippen LogP contribution is 2.25. The molecule has 0 aliphatic heterocycles. The van der Waals surface area contributed by atoms with Crippen LogP contribution >= 0.6 is 23.2 Å². The van der Waals surface area contributed by atoms with Crippen LogP contribution in [0, 0.1) is 0 Å². The number of carbonyl (C=O) groups excluding carboxylic acids is 1. The molecule has 0 aromatic carbocycles. The third-order valence-electron chi connectivity index (χ3n) is 2.39. The average Bonchev–Trinajstić information content (AvgIpc) is 2.33. The van der Waals surface area contributed by atoms with E-state index in [0.717, 1.165) is 6.20 Å². The molecule has 0 amide bonds. The molecule has 0 saturated carbocycles. The van der Waals surface area contributed by atoms with Gasteiger partial charge in [0.2, 0.25) is 5.28 Å². The van der Waals surface area contributed by atoms with Crippen molar-refractivity contribution >= 4 is 35.1 Å². The number of halogens is 2. The molecule has 1 N–H and O–H groups in total. The standard InChI is InChI=1S/C11H12Cl2N2O4/c1-3-5(2)19-10(18)7(9(16)17)8-6(12)4-14-11(13)15-8/h4-5,7H,3H2,1-2H3,(H,16,17). The number of esters is 1. The summed E-state index contributed by atoms with van der Waals surface area (Å²) in [6.45, 7) is 3.47. The Morgan fingerprint density at radius 2 is 2.11 bits per heavy atom. The smallest absolute Gasteiger partial charge is 0.326 e. The first-order valence-electron chi connectivity index (χ1n) is 5.48. The summed E-state index contributed by atoms with van der Waals surface area (Å²) in [6, 6.07) is 0. The second kappa shape index (κ2) is 6.68. The molecule has 2 atom stereocenters. The van der Waals surface area contributed by atoms with Crippen LogP contribution in [0.5, 0.6) is 0 Å². The van der Waals surface area contributed by atoms with Crippen LogP contribution in [0.25, 0.3) is 0 Å². The molecule has 0 saturated heterocycles. The van der Waals surface area contributed by atoms with Crippen molar-refractivity contribution in [3.8, 4) is 0 Å². The Balaban J connectivity index is 3.10. The molecule has 0 aliphatic rings. The lowest BCUT2D eigenvalue weighted by molar-refractivity contribution is -0.157. The van der Waals surface area contributed by atoms with Crippen LogP contribution in [0.3, 0.4) is 0 Å². The van der Waals surface area contributed by atoms with E-state index in [4.69, 9.17) is 33.0 Å². The quantitative estimate of drug-likeness (QED) is 0.510. The van der Waals surface area contributed by atoms with Crippen molar-refractivity contribution in [2.45, 2.75) is 32.3 Å². The van der Waals surface area contributed by atoms with Gasteiger partial charge in [-0.2, -0.15) is 0 Å². The number of ether oxygens (including phenoxy) is 1. The predicted octanol–water partition coefficient (Wildman–Crippen LogP) is 2.29. The highest BCUT2D eigenvalue weighted by molar-refractivity contribution is 6.32. The van der Waals surface area contributed by atoms with Crippen LogP contribution < -0.4 is 0 Å². The molecule has 0 bridgehead atoms. The molecule has 8 heteroatoms. The average molecular weight is 307 g/mol. The summed E-state index contributed by atoms with van der Waals surface area (Å²) < 4.78 is 4.99. The summed E-state index contributed by atoms with van der Waals surface area (Å²) in [7, 11) is 0. The van der Waals surface area contributed by atoms with Crippen LogP contribution in [0.15, 0.2) is 6.20 Å². The third kappa shape index (κ3) is 4.04. The summed E-state index contributed by atoms with van der Waals surface area (Å²) in [5.41, 5.74) is -0.178. The fourth-order valence-corrected chi connectivity index (χ4v) is 1.58. The maximum Gasteiger partial charge on any atom is 0.326 e. The molecule has 6 nitrogen and oxygen atoms in total. The largest absolute Gasteiger partial charge is 0.480 e. The number of hydrogen-bond donors (Lipinski definition) is 1. The van der Waals surface area contributed by atoms with E-state index in [2.05, 4.69) is 9.97 Å². The number of carboxylic acid groups (broad SMARTS) is 1. The maximum absolute atomic E-state index is 11.9. The number of nitrogens with zero attached hydrogens (tertiary/aromatic N) is 2. The van der Waals surface area contributed by atoms with Crippen LogP contribution in [0.2, 0.25) is 10.3 Å². The van der Waals surface area contributed by atoms with E-state index in [1.165, 1.54) is 0 Å². The van der Waals surface area contributed by atoms with Crippen LogP contribution in [0.4, 0.5) is 0 Å². The van der Waals surface area contributed by atoms with E-state index in [9.17, 15) is 9.59 Å². The Bertz CT molecular complexity index is 496. The van der Waals surface area contributed by atoms with Gasteiger partial charge in [-0.1, -0.05) is 18.5 Å². The van der Waals surface area contributed by atoms with Gasteiger partial charge in [0.1, 0.15) is 0 Å². The van der Waals surface area contributed by atoms with Crippen molar-refractivity contribution in [1.29, 1.82) is 0 Å². The van der Waals surface area contributed by atoms with Gasteiger partial charge in [0.25, 0.3) is 0 Å². The fourth-order valence-electron chi connectivity index (χ4n) is 1.24. The number of hydrogen-bond acceptors (Lipinski definition) is 5. The minimum absolute atomic E-state index is 0.0575. The van der Waals surface area contributed by atoms with Crippen LogP contribution in [-0.4, -0.2) is 33.1 Å². The first-order valence-corrected chi connectivity index (χ1v) is 6.23. The minimum Gasteiger partial charge on any atom is -0.480 e. The molecule has 1 aromatic heterocycles. The lowest BCUT2D eigenvalue weighted by atomic mass is 10.1. The topological polar surface area (TPSA) is 89.4 Å². The van der Waals surface area contributed by atoms with Crippen molar-refractivity contribution in [3.05, 3.63) is 22.2 Å². The molecule has 104 valence electrons. The summed E-state index contributed by atoms with van der Waals surface area (Å²) in [5.74, 6) is -3.97. The predicted molar refractivity (Wildman–Crippen MR) is 68.3 cm³/mol. The third-order valence-corrected chi connectivity index (χ3v) is 2.86. The van der Waals surface area contributed by atoms with Gasteiger partial charge >= 0.3 is 11.9 Å². The zero-order valence-corrected chi connectivity index (χ0v) is 11.8. The van der Waals surface area contributed by atoms with Gasteiger partial charge in [-0.15, -0.1) is 0 Å². The zero-order valence-electron chi connectivity index (χ0n) is 10.3. The fraction of sp³-hybridized carbons (Fsp3) is 0.455. The summed E-state index contributed by atoms with van der Waals surface area (Å²) >= 11 is 11.4. The molecule has 0 spiro atoms. The van der Waals surface area contributed by atoms with Crippen molar-refractivity contribution in [3.63, 3.8) is 0 Å². The molecule has 19 heavy (non-hydrogen) atoms. The lowest BCUT2D eigenvalue weighted by Crippen LogP contribution is -2.28. The second-order valence-corrected chi connectivity index (χ2v) is 4.54. The molecule has 1 heterocycles. The minimum atomic E-state index is -1.62. The first-order chi connectivity index (χ1) is 8.86. The van der Waals surface area contributed by atoms with E-state index in [0.29, 0.717) is 6.42 Å². The summed E-state index contributed by atoms with van der Waals surface area (Å²) in [4.78, 5) is 30.3. The van der Waals surface area contributed by atoms with Crippen molar-refractivity contribution in [2.24, 2.45) is 0 Å². The molecule has 1 rings (SSSR count). The Morgan fingerprint density at radius 3 is 2.63 bits per heavy atom. The lowest BCUT2D eigenvalue weighted by Gasteiger charge is -2.16. The Morgan fingerprint density at radius 1 is 1.47 bits per heavy atom. The number of carbonyl (C=O) groups is 2. The number of aromatic nitrogens is 2. The summed E-state index contributed by atoms with van der Waals surface area (Å²) in [6.07, 6.45) is 1.31. The molecule has 1 aromatic rings. The molecular formula is C11H12Cl2N2O4. The number of carboxylic acids is 1. The van der Waals surface area contributed by atoms with Crippen LogP contribution in [0.1, 0.15) is 31.9 Å². The maximum atomic E-state index is 11.9. The molecule has 0 radical (unpaired) electrons. The van der Waals surface area contributed by atoms with Gasteiger partial charge in [0.05, 0.1) is 23.0 Å². The van der Waals surface area contributed by atoms with Crippen molar-refractivity contribution < 1.29 is 19.4 Å². The molecule has 2 unspecified atom stereocenters. The monoisotopic (exact) mass is 306 g/mol. The van der Waals surface area contributed by atoms with Gasteiger partial charge in [-0.25, -0.2) is 9.97 Å². The van der Waals surface area contributed by atoms with Crippen molar-refractivity contribution in [1.82, 2.24) is 9.97 Å². The SMILES string of the molecule is CCC(C)OC(=O)C(C(=O)O)c1nc(Cl)ncc1Cl. The Hall–Kier alpha value is -1.40. The van der Waals surface area contributed by atoms with Crippen LogP contribution in [-0.2, 0) is 14.3 Å². The highest BCUT2D eigenvalue weighted by atomic mass is 35.5. The summed E-state index contributed by atoms with van der Waals surface area (Å²) in [5, 5.41) is 8.88. The van der Waals surface area contributed by atoms with Crippen molar-refractivity contribution in [2.75, 3.05) is 0 Å². The van der Waals surface area contributed by atoms with E-state index in [1.807, 2.05) is 6.92 Å². The zero-order chi connectivity index (χ0) is 14.6. The number of rotatable bonds is 5. The number of aliphatic carboxylic acids is 1. The van der Waals surface area contributed by atoms with Gasteiger partial charge in [0, 0.05) is 0 Å². The van der Waals surface area contributed by atoms with E-state index >= 15 is 0 Å². The molecule has 0 aliphatic carbocycles. The second-order valence-electron chi connectivity index (χ2n) is 3.80. The van der Waals surface area contributed by atoms with E-state index < -0.39 is 24.0 Å². The molecular weight excluding hydrogens is 295 g/mol. The van der Waals surface area contributed by atoms with Gasteiger partial charge in [-0.05, 0) is 24.9 Å². The van der Waals surface area contributed by atoms with Gasteiger partial charge in [0.15, 0.2) is 5.92 Å². The van der Waals surface area contributed by atoms with E-state index in [-0.39, 0.29) is 16.0 Å². The van der Waals surface area contributed by atoms with E-state index in [1.54, 1.807) is 6.92 Å².